The lowest BCUT2D eigenvalue weighted by Gasteiger charge is -2.40. The van der Waals surface area contributed by atoms with Crippen molar-refractivity contribution in [2.24, 2.45) is 23.5 Å². The number of nitrogens with two attached hydrogens (primary N) is 1. The molecule has 3 atom stereocenters. The minimum Gasteiger partial charge on any atom is -0.507 e. The summed E-state index contributed by atoms with van der Waals surface area (Å²) in [5, 5.41) is 35.6. The number of hydrogen-bond acceptors (Lipinski definition) is 8. The fourth-order valence-corrected chi connectivity index (χ4v) is 5.90. The summed E-state index contributed by atoms with van der Waals surface area (Å²) in [5.74, 6) is -4.55. The number of ketones is 2. The Hall–Kier alpha value is -3.85. The molecule has 0 aliphatic heterocycles. The molecule has 1 amide bonds. The lowest BCUT2D eigenvalue weighted by Crippen LogP contribution is -2.43. The average Bonchev–Trinajstić information content (AvgIpc) is 2.85. The van der Waals surface area contributed by atoms with Crippen LogP contribution in [0.3, 0.4) is 0 Å². The van der Waals surface area contributed by atoms with Crippen LogP contribution in [-0.4, -0.2) is 60.0 Å². The first-order valence-electron chi connectivity index (χ1n) is 12.9. The fourth-order valence-electron chi connectivity index (χ4n) is 5.90. The molecule has 6 N–H and O–H groups in total. The van der Waals surface area contributed by atoms with Gasteiger partial charge >= 0.3 is 0 Å². The minimum absolute atomic E-state index is 0.0935. The molecule has 0 spiro atoms. The first-order valence-corrected chi connectivity index (χ1v) is 12.9. The number of phenolic OH excluding ortho intramolecular Hbond substituents is 1. The molecule has 0 aromatic heterocycles. The zero-order valence-corrected chi connectivity index (χ0v) is 21.7. The van der Waals surface area contributed by atoms with Gasteiger partial charge in [-0.2, -0.15) is 0 Å². The van der Waals surface area contributed by atoms with Crippen molar-refractivity contribution in [3.05, 3.63) is 58.7 Å². The van der Waals surface area contributed by atoms with E-state index >= 15 is 0 Å². The highest BCUT2D eigenvalue weighted by molar-refractivity contribution is 6.17. The van der Waals surface area contributed by atoms with Crippen LogP contribution in [0.5, 0.6) is 5.75 Å². The maximum Gasteiger partial charge on any atom is 0.224 e. The summed E-state index contributed by atoms with van der Waals surface area (Å²) < 4.78 is 0. The minimum atomic E-state index is -1.17. The summed E-state index contributed by atoms with van der Waals surface area (Å²) in [5.41, 5.74) is 8.56. The number of anilines is 2. The summed E-state index contributed by atoms with van der Waals surface area (Å²) in [4.78, 5) is 39.8. The second kappa shape index (κ2) is 11.3. The molecule has 38 heavy (non-hydrogen) atoms. The van der Waals surface area contributed by atoms with E-state index in [9.17, 15) is 29.7 Å². The molecular formula is C29H35N3O6. The van der Waals surface area contributed by atoms with Crippen LogP contribution in [-0.2, 0) is 27.2 Å². The van der Waals surface area contributed by atoms with E-state index in [0.29, 0.717) is 30.6 Å². The van der Waals surface area contributed by atoms with Crippen LogP contribution >= 0.6 is 0 Å². The molecule has 0 bridgehead atoms. The highest BCUT2D eigenvalue weighted by Gasteiger charge is 2.48. The van der Waals surface area contributed by atoms with Crippen LogP contribution in [0, 0.1) is 17.8 Å². The summed E-state index contributed by atoms with van der Waals surface area (Å²) in [6, 6.07) is 11.8. The second-order valence-corrected chi connectivity index (χ2v) is 10.3. The number of benzene rings is 2. The first kappa shape index (κ1) is 27.2. The molecule has 4 rings (SSSR count). The Morgan fingerprint density at radius 3 is 2.50 bits per heavy atom. The van der Waals surface area contributed by atoms with Gasteiger partial charge in [0, 0.05) is 38.5 Å². The van der Waals surface area contributed by atoms with Gasteiger partial charge in [0.25, 0.3) is 0 Å². The molecule has 3 unspecified atom stereocenters. The molecule has 2 aliphatic rings. The molecule has 2 aliphatic carbocycles. The molecular weight excluding hydrogens is 486 g/mol. The number of primary amides is 1. The van der Waals surface area contributed by atoms with E-state index in [2.05, 4.69) is 5.32 Å². The third kappa shape index (κ3) is 5.24. The van der Waals surface area contributed by atoms with Crippen LogP contribution in [0.25, 0.3) is 5.76 Å². The van der Waals surface area contributed by atoms with Gasteiger partial charge in [-0.3, -0.25) is 14.4 Å². The van der Waals surface area contributed by atoms with Crippen molar-refractivity contribution in [3.63, 3.8) is 0 Å². The number of nitrogens with one attached hydrogen (secondary N) is 1. The predicted octanol–water partition coefficient (Wildman–Crippen LogP) is 2.59. The predicted molar refractivity (Wildman–Crippen MR) is 145 cm³/mol. The van der Waals surface area contributed by atoms with E-state index < -0.39 is 35.7 Å². The number of amides is 1. The van der Waals surface area contributed by atoms with Crippen molar-refractivity contribution in [2.75, 3.05) is 37.5 Å². The van der Waals surface area contributed by atoms with Gasteiger partial charge in [0.2, 0.25) is 5.91 Å². The summed E-state index contributed by atoms with van der Waals surface area (Å²) in [6.45, 7) is 0.322. The van der Waals surface area contributed by atoms with Crippen molar-refractivity contribution in [1.29, 1.82) is 0 Å². The maximum atomic E-state index is 13.7. The van der Waals surface area contributed by atoms with Gasteiger partial charge in [0.1, 0.15) is 11.5 Å². The van der Waals surface area contributed by atoms with Crippen LogP contribution in [0.4, 0.5) is 11.4 Å². The third-order valence-corrected chi connectivity index (χ3v) is 7.59. The smallest absolute Gasteiger partial charge is 0.224 e. The molecule has 9 heteroatoms. The Kier molecular flexibility index (Phi) is 8.06. The van der Waals surface area contributed by atoms with Crippen LogP contribution in [0.15, 0.2) is 42.0 Å². The number of carbonyl (C=O) groups excluding carboxylic acids is 3. The van der Waals surface area contributed by atoms with Crippen molar-refractivity contribution in [1.82, 2.24) is 0 Å². The molecule has 1 fully saturated rings. The Morgan fingerprint density at radius 2 is 1.87 bits per heavy atom. The van der Waals surface area contributed by atoms with Crippen molar-refractivity contribution < 1.29 is 29.7 Å². The number of carbonyl (C=O) groups is 3. The van der Waals surface area contributed by atoms with Crippen LogP contribution in [0.1, 0.15) is 36.0 Å². The zero-order valence-electron chi connectivity index (χ0n) is 21.7. The SMILES string of the molecule is CN(C)c1cc(NCCc2ccccc2)c(O)c2c1CC1CC(CCO)C(C(=O)CC(N)=O)C(=O)C1=C2O. The van der Waals surface area contributed by atoms with Crippen LogP contribution < -0.4 is 16.0 Å². The number of hydrogen-bond donors (Lipinski definition) is 5. The molecule has 1 saturated carbocycles. The number of rotatable bonds is 10. The average molecular weight is 522 g/mol. The fraction of sp³-hybridized carbons (Fsp3) is 0.414. The van der Waals surface area contributed by atoms with E-state index in [1.165, 1.54) is 0 Å². The highest BCUT2D eigenvalue weighted by atomic mass is 16.3. The Bertz CT molecular complexity index is 1270. The van der Waals surface area contributed by atoms with Gasteiger partial charge in [-0.1, -0.05) is 30.3 Å². The number of phenols is 1. The number of aromatic hydroxyl groups is 1. The van der Waals surface area contributed by atoms with E-state index in [-0.39, 0.29) is 41.6 Å². The topological polar surface area (TPSA) is 153 Å². The maximum absolute atomic E-state index is 13.7. The Labute approximate surface area is 222 Å². The molecule has 0 radical (unpaired) electrons. The number of aliphatic hydroxyl groups excluding tert-OH is 2. The second-order valence-electron chi connectivity index (χ2n) is 10.3. The molecule has 0 saturated heterocycles. The third-order valence-electron chi connectivity index (χ3n) is 7.59. The molecule has 0 heterocycles. The van der Waals surface area contributed by atoms with E-state index in [1.807, 2.05) is 55.4 Å². The summed E-state index contributed by atoms with van der Waals surface area (Å²) >= 11 is 0. The number of allylic oxidation sites excluding steroid dienone is 1. The van der Waals surface area contributed by atoms with Gasteiger partial charge in [-0.05, 0) is 54.7 Å². The van der Waals surface area contributed by atoms with Crippen molar-refractivity contribution in [3.8, 4) is 5.75 Å². The van der Waals surface area contributed by atoms with Gasteiger partial charge < -0.3 is 31.3 Å². The quantitative estimate of drug-likeness (QED) is 0.236. The van der Waals surface area contributed by atoms with Crippen LogP contribution in [0.2, 0.25) is 0 Å². The molecule has 2 aromatic rings. The summed E-state index contributed by atoms with van der Waals surface area (Å²) in [6.07, 6.45) is 1.11. The highest BCUT2D eigenvalue weighted by Crippen LogP contribution is 2.51. The summed E-state index contributed by atoms with van der Waals surface area (Å²) in [7, 11) is 3.74. The number of fused-ring (bicyclic) bond motifs is 2. The van der Waals surface area contributed by atoms with Gasteiger partial charge in [0.15, 0.2) is 11.6 Å². The monoisotopic (exact) mass is 521 g/mol. The molecule has 2 aromatic carbocycles. The van der Waals surface area contributed by atoms with E-state index in [4.69, 9.17) is 5.73 Å². The largest absolute Gasteiger partial charge is 0.507 e. The van der Waals surface area contributed by atoms with Crippen molar-refractivity contribution >= 4 is 34.6 Å². The van der Waals surface area contributed by atoms with E-state index in [1.54, 1.807) is 0 Å². The number of Topliss-reactive ketones (excluding diaryl/α,β-unsaturated/α-hetero) is 2. The van der Waals surface area contributed by atoms with Crippen molar-refractivity contribution in [2.45, 2.75) is 32.1 Å². The van der Waals surface area contributed by atoms with E-state index in [0.717, 1.165) is 17.7 Å². The normalized spacial score (nSPS) is 20.5. The van der Waals surface area contributed by atoms with Gasteiger partial charge in [0.05, 0.1) is 23.6 Å². The first-order chi connectivity index (χ1) is 18.1. The Balaban J connectivity index is 1.74. The standard InChI is InChI=1S/C29H35N3O6/c1-32(2)21-14-20(31-10-8-16-6-4-3-5-7-16)27(36)26-19(21)13-18-12-17(9-11-33)24(22(34)15-23(30)35)28(37)25(18)29(26)38/h3-7,14,17-18,24,31,33,36,38H,8-13,15H2,1-2H3,(H2,30,35). The van der Waals surface area contributed by atoms with Gasteiger partial charge in [-0.25, -0.2) is 0 Å². The zero-order chi connectivity index (χ0) is 27.6. The van der Waals surface area contributed by atoms with Gasteiger partial charge in [-0.15, -0.1) is 0 Å². The lowest BCUT2D eigenvalue weighted by molar-refractivity contribution is -0.137. The number of nitrogens with zero attached hydrogens (tertiary/aromatic N) is 1. The lowest BCUT2D eigenvalue weighted by atomic mass is 9.63. The Morgan fingerprint density at radius 1 is 1.16 bits per heavy atom. The molecule has 202 valence electrons. The number of aliphatic hydroxyl groups is 2. The molecule has 9 nitrogen and oxygen atoms in total.